The van der Waals surface area contributed by atoms with Crippen molar-refractivity contribution in [3.8, 4) is 0 Å². The fraction of sp³-hybridized carbons (Fsp3) is 0.391. The van der Waals surface area contributed by atoms with Crippen LogP contribution in [0.4, 0.5) is 11.4 Å². The average Bonchev–Trinajstić information content (AvgIpc) is 2.63. The van der Waals surface area contributed by atoms with Gasteiger partial charge in [0.05, 0.1) is 11.3 Å². The number of rotatable bonds is 4. The largest absolute Gasteiger partial charge is 0.478 e. The first-order valence-electron chi connectivity index (χ1n) is 9.39. The zero-order valence-corrected chi connectivity index (χ0v) is 16.8. The van der Waals surface area contributed by atoms with E-state index in [1.165, 1.54) is 17.5 Å². The molecule has 0 aliphatic heterocycles. The van der Waals surface area contributed by atoms with Crippen molar-refractivity contribution >= 4 is 23.6 Å². The maximum absolute atomic E-state index is 11.0. The van der Waals surface area contributed by atoms with Crippen LogP contribution in [-0.2, 0) is 10.8 Å². The normalized spacial score (nSPS) is 17.5. The zero-order valence-electron chi connectivity index (χ0n) is 16.8. The Balaban J connectivity index is 2.03. The van der Waals surface area contributed by atoms with Crippen molar-refractivity contribution < 1.29 is 9.90 Å². The molecule has 0 heterocycles. The summed E-state index contributed by atoms with van der Waals surface area (Å²) in [7, 11) is 1.96. The molecule has 0 spiro atoms. The van der Waals surface area contributed by atoms with E-state index in [2.05, 4.69) is 50.1 Å². The van der Waals surface area contributed by atoms with Gasteiger partial charge in [0.15, 0.2) is 0 Å². The van der Waals surface area contributed by atoms with Crippen molar-refractivity contribution in [1.82, 2.24) is 0 Å². The van der Waals surface area contributed by atoms with Gasteiger partial charge in [0.1, 0.15) is 0 Å². The van der Waals surface area contributed by atoms with Gasteiger partial charge in [-0.25, -0.2) is 4.79 Å². The van der Waals surface area contributed by atoms with Crippen LogP contribution in [0.5, 0.6) is 0 Å². The van der Waals surface area contributed by atoms with Crippen molar-refractivity contribution in [3.63, 3.8) is 0 Å². The maximum Gasteiger partial charge on any atom is 0.335 e. The fourth-order valence-corrected chi connectivity index (χ4v) is 3.98. The Kier molecular flexibility index (Phi) is 4.85. The number of benzene rings is 2. The molecule has 1 aliphatic carbocycles. The number of aromatic carboxylic acids is 1. The van der Waals surface area contributed by atoms with E-state index in [0.29, 0.717) is 0 Å². The number of nitrogens with zero attached hydrogens (tertiary/aromatic N) is 1. The summed E-state index contributed by atoms with van der Waals surface area (Å²) in [5, 5.41) is 12.4. The first kappa shape index (κ1) is 19.2. The van der Waals surface area contributed by atoms with Gasteiger partial charge in [0, 0.05) is 24.5 Å². The molecule has 0 aromatic heterocycles. The van der Waals surface area contributed by atoms with Crippen molar-refractivity contribution in [2.75, 3.05) is 12.4 Å². The highest BCUT2D eigenvalue weighted by Crippen LogP contribution is 2.49. The van der Waals surface area contributed by atoms with Crippen LogP contribution < -0.4 is 5.32 Å². The summed E-state index contributed by atoms with van der Waals surface area (Å²) in [5.41, 5.74) is 6.25. The number of aliphatic imine (C=N–C) groups is 1. The van der Waals surface area contributed by atoms with Gasteiger partial charge < -0.3 is 10.4 Å². The van der Waals surface area contributed by atoms with E-state index in [0.717, 1.165) is 23.4 Å². The van der Waals surface area contributed by atoms with Gasteiger partial charge in [-0.1, -0.05) is 39.8 Å². The molecule has 0 amide bonds. The van der Waals surface area contributed by atoms with E-state index in [-0.39, 0.29) is 16.4 Å². The van der Waals surface area contributed by atoms with Crippen LogP contribution in [0.2, 0.25) is 0 Å². The zero-order chi connectivity index (χ0) is 19.8. The highest BCUT2D eigenvalue weighted by molar-refractivity contribution is 5.92. The monoisotopic (exact) mass is 364 g/mol. The van der Waals surface area contributed by atoms with Crippen molar-refractivity contribution in [2.24, 2.45) is 4.99 Å². The second kappa shape index (κ2) is 6.84. The molecule has 4 nitrogen and oxygen atoms in total. The molecule has 0 atom stereocenters. The summed E-state index contributed by atoms with van der Waals surface area (Å²) < 4.78 is 0. The van der Waals surface area contributed by atoms with Crippen LogP contribution in [-0.4, -0.2) is 24.3 Å². The third kappa shape index (κ3) is 3.61. The standard InChI is InChI=1S/C23H28N2O2/c1-22(2)12-13-23(3,4)19-18(22)11-8-16(20(19)24-5)14-25-17-9-6-15(7-10-17)21(26)27/h6-11,14,24H,12-13H2,1-5H3,(H,26,27). The number of fused-ring (bicyclic) bond motifs is 1. The molecule has 0 fully saturated rings. The van der Waals surface area contributed by atoms with Gasteiger partial charge in [0.25, 0.3) is 0 Å². The van der Waals surface area contributed by atoms with Gasteiger partial charge >= 0.3 is 5.97 Å². The Labute approximate surface area is 161 Å². The number of carbonyl (C=O) groups is 1. The van der Waals surface area contributed by atoms with Crippen molar-refractivity contribution in [3.05, 3.63) is 58.7 Å². The van der Waals surface area contributed by atoms with Crippen molar-refractivity contribution in [1.29, 1.82) is 0 Å². The summed E-state index contributed by atoms with van der Waals surface area (Å²) in [6.45, 7) is 9.26. The minimum atomic E-state index is -0.928. The Hall–Kier alpha value is -2.62. The van der Waals surface area contributed by atoms with Gasteiger partial charge in [-0.15, -0.1) is 0 Å². The maximum atomic E-state index is 11.0. The minimum absolute atomic E-state index is 0.107. The minimum Gasteiger partial charge on any atom is -0.478 e. The Bertz CT molecular complexity index is 893. The molecule has 3 rings (SSSR count). The summed E-state index contributed by atoms with van der Waals surface area (Å²) in [6, 6.07) is 11.0. The summed E-state index contributed by atoms with van der Waals surface area (Å²) >= 11 is 0. The molecular formula is C23H28N2O2. The molecule has 0 bridgehead atoms. The van der Waals surface area contributed by atoms with Crippen LogP contribution in [0.1, 0.15) is 67.6 Å². The summed E-state index contributed by atoms with van der Waals surface area (Å²) in [4.78, 5) is 15.5. The fourth-order valence-electron chi connectivity index (χ4n) is 3.98. The van der Waals surface area contributed by atoms with Gasteiger partial charge in [-0.05, 0) is 59.1 Å². The summed E-state index contributed by atoms with van der Waals surface area (Å²) in [5.74, 6) is -0.928. The number of anilines is 1. The lowest BCUT2D eigenvalue weighted by Crippen LogP contribution is -2.35. The number of carboxylic acids is 1. The molecule has 0 saturated heterocycles. The van der Waals surface area contributed by atoms with E-state index < -0.39 is 5.97 Å². The van der Waals surface area contributed by atoms with Crippen LogP contribution in [0.25, 0.3) is 0 Å². The van der Waals surface area contributed by atoms with Crippen LogP contribution >= 0.6 is 0 Å². The molecule has 142 valence electrons. The van der Waals surface area contributed by atoms with E-state index in [1.807, 2.05) is 13.3 Å². The average molecular weight is 364 g/mol. The lowest BCUT2D eigenvalue weighted by molar-refractivity contribution is 0.0697. The lowest BCUT2D eigenvalue weighted by Gasteiger charge is -2.43. The Morgan fingerprint density at radius 2 is 1.67 bits per heavy atom. The molecule has 0 radical (unpaired) electrons. The molecule has 2 aromatic rings. The second-order valence-corrected chi connectivity index (χ2v) is 8.58. The van der Waals surface area contributed by atoms with Gasteiger partial charge in [-0.3, -0.25) is 4.99 Å². The first-order chi connectivity index (χ1) is 12.7. The molecule has 2 aromatic carbocycles. The quantitative estimate of drug-likeness (QED) is 0.702. The third-order valence-corrected chi connectivity index (χ3v) is 5.74. The third-order valence-electron chi connectivity index (χ3n) is 5.74. The number of hydrogen-bond donors (Lipinski definition) is 2. The predicted octanol–water partition coefficient (Wildman–Crippen LogP) is 5.53. The number of nitrogens with one attached hydrogen (secondary N) is 1. The predicted molar refractivity (Wildman–Crippen MR) is 112 cm³/mol. The van der Waals surface area contributed by atoms with E-state index in [9.17, 15) is 4.79 Å². The Morgan fingerprint density at radius 1 is 1.04 bits per heavy atom. The molecule has 27 heavy (non-hydrogen) atoms. The summed E-state index contributed by atoms with van der Waals surface area (Å²) in [6.07, 6.45) is 4.19. The lowest BCUT2D eigenvalue weighted by atomic mass is 9.62. The van der Waals surface area contributed by atoms with Gasteiger partial charge in [0.2, 0.25) is 0 Å². The molecule has 0 saturated carbocycles. The number of hydrogen-bond acceptors (Lipinski definition) is 3. The van der Waals surface area contributed by atoms with E-state index in [1.54, 1.807) is 24.3 Å². The smallest absolute Gasteiger partial charge is 0.335 e. The molecule has 2 N–H and O–H groups in total. The second-order valence-electron chi connectivity index (χ2n) is 8.58. The molecular weight excluding hydrogens is 336 g/mol. The number of carboxylic acid groups (broad SMARTS) is 1. The van der Waals surface area contributed by atoms with E-state index in [4.69, 9.17) is 5.11 Å². The molecule has 0 unspecified atom stereocenters. The SMILES string of the molecule is CNc1c(C=Nc2ccc(C(=O)O)cc2)ccc2c1C(C)(C)CCC2(C)C. The van der Waals surface area contributed by atoms with Crippen LogP contribution in [0.15, 0.2) is 41.4 Å². The van der Waals surface area contributed by atoms with Crippen LogP contribution in [0, 0.1) is 0 Å². The Morgan fingerprint density at radius 3 is 2.26 bits per heavy atom. The highest BCUT2D eigenvalue weighted by atomic mass is 16.4. The van der Waals surface area contributed by atoms with Crippen LogP contribution in [0.3, 0.4) is 0 Å². The highest BCUT2D eigenvalue weighted by Gasteiger charge is 2.39. The van der Waals surface area contributed by atoms with Gasteiger partial charge in [-0.2, -0.15) is 0 Å². The van der Waals surface area contributed by atoms with E-state index >= 15 is 0 Å². The molecule has 1 aliphatic rings. The first-order valence-corrected chi connectivity index (χ1v) is 9.39. The van der Waals surface area contributed by atoms with Crippen molar-refractivity contribution in [2.45, 2.75) is 51.4 Å². The molecule has 4 heteroatoms. The topological polar surface area (TPSA) is 61.7 Å².